The molecule has 0 aromatic heterocycles. The average Bonchev–Trinajstić information content (AvgIpc) is 2.48. The first-order valence-corrected chi connectivity index (χ1v) is 10.0. The van der Waals surface area contributed by atoms with Crippen LogP contribution in [0.1, 0.15) is 27.7 Å². The number of ketones is 1. The molecule has 0 amide bonds. The molecule has 0 aromatic carbocycles. The van der Waals surface area contributed by atoms with Crippen molar-refractivity contribution >= 4 is 29.8 Å². The molecule has 0 saturated heterocycles. The third-order valence-corrected chi connectivity index (χ3v) is 6.26. The number of allylic oxidation sites excluding steroid dienone is 13. The van der Waals surface area contributed by atoms with Gasteiger partial charge in [-0.2, -0.15) is 0 Å². The zero-order valence-electron chi connectivity index (χ0n) is 14.1. The van der Waals surface area contributed by atoms with Crippen LogP contribution >= 0.6 is 0 Å². The molecule has 1 radical (unpaired) electrons. The Morgan fingerprint density at radius 1 is 1.00 bits per heavy atom. The molecule has 0 aromatic rings. The van der Waals surface area contributed by atoms with E-state index in [0.29, 0.717) is 11.1 Å². The number of aliphatic hydroxyl groups is 1. The Kier molecular flexibility index (Phi) is 4.62. The summed E-state index contributed by atoms with van der Waals surface area (Å²) < 4.78 is 8.20. The number of aliphatic hydroxyl groups excluding tert-OH is 1. The Bertz CT molecular complexity index is 861. The normalized spacial score (nSPS) is 22.2. The van der Waals surface area contributed by atoms with Gasteiger partial charge in [0.1, 0.15) is 0 Å². The first-order chi connectivity index (χ1) is 11.3. The number of hydrogen-bond acceptors (Lipinski definition) is 3. The molecule has 3 aliphatic rings. The second-order valence-electron chi connectivity index (χ2n) is 6.02. The molecule has 2 heterocycles. The summed E-state index contributed by atoms with van der Waals surface area (Å²) in [5, 5.41) is 10.3. The maximum atomic E-state index is 12.4. The molecular formula is C20H19O3Te. The summed E-state index contributed by atoms with van der Waals surface area (Å²) in [5.41, 5.74) is 2.59. The van der Waals surface area contributed by atoms with Crippen molar-refractivity contribution in [3.05, 3.63) is 79.6 Å². The van der Waals surface area contributed by atoms with Crippen LogP contribution in [0.2, 0.25) is 0 Å². The molecule has 0 atom stereocenters. The van der Waals surface area contributed by atoms with Crippen LogP contribution in [0.4, 0.5) is 0 Å². The summed E-state index contributed by atoms with van der Waals surface area (Å²) in [4.78, 5) is 12.4. The van der Waals surface area contributed by atoms with Crippen LogP contribution in [0, 0.1) is 0 Å². The van der Waals surface area contributed by atoms with Crippen molar-refractivity contribution in [2.24, 2.45) is 0 Å². The van der Waals surface area contributed by atoms with Crippen molar-refractivity contribution in [1.29, 1.82) is 0 Å². The van der Waals surface area contributed by atoms with E-state index in [1.54, 1.807) is 12.2 Å². The van der Waals surface area contributed by atoms with Crippen molar-refractivity contribution in [2.45, 2.75) is 27.7 Å². The maximum absolute atomic E-state index is 12.4. The number of rotatable bonds is 2. The summed E-state index contributed by atoms with van der Waals surface area (Å²) >= 11 is -0.204. The third kappa shape index (κ3) is 3.45. The molecule has 4 heteroatoms. The Hall–Kier alpha value is -1.89. The molecule has 3 nitrogen and oxygen atoms in total. The van der Waals surface area contributed by atoms with Crippen molar-refractivity contribution in [2.75, 3.05) is 0 Å². The molecule has 24 heavy (non-hydrogen) atoms. The summed E-state index contributed by atoms with van der Waals surface area (Å²) in [5.74, 6) is 1.50. The predicted molar refractivity (Wildman–Crippen MR) is 97.7 cm³/mol. The predicted octanol–water partition coefficient (Wildman–Crippen LogP) is 3.81. The van der Waals surface area contributed by atoms with Crippen molar-refractivity contribution in [3.63, 3.8) is 0 Å². The second kappa shape index (κ2) is 6.55. The summed E-state index contributed by atoms with van der Waals surface area (Å²) in [7, 11) is 0. The molecule has 1 N–H and O–H groups in total. The molecule has 123 valence electrons. The van der Waals surface area contributed by atoms with Crippen LogP contribution in [0.15, 0.2) is 79.6 Å². The monoisotopic (exact) mass is 437 g/mol. The fourth-order valence-corrected chi connectivity index (χ4v) is 5.42. The van der Waals surface area contributed by atoms with Gasteiger partial charge in [0.05, 0.1) is 0 Å². The zero-order valence-corrected chi connectivity index (χ0v) is 16.5. The topological polar surface area (TPSA) is 46.5 Å². The van der Waals surface area contributed by atoms with Crippen LogP contribution < -0.4 is 0 Å². The van der Waals surface area contributed by atoms with Crippen molar-refractivity contribution in [1.82, 2.24) is 0 Å². The summed E-state index contributed by atoms with van der Waals surface area (Å²) in [6.45, 7) is 7.97. The van der Waals surface area contributed by atoms with Gasteiger partial charge in [0.15, 0.2) is 0 Å². The minimum absolute atomic E-state index is 0.0720. The quantitative estimate of drug-likeness (QED) is 0.531. The van der Waals surface area contributed by atoms with Gasteiger partial charge in [-0.25, -0.2) is 0 Å². The Balaban J connectivity index is 1.92. The van der Waals surface area contributed by atoms with Gasteiger partial charge >= 0.3 is 152 Å². The van der Waals surface area contributed by atoms with E-state index in [4.69, 9.17) is 4.74 Å². The summed E-state index contributed by atoms with van der Waals surface area (Å²) in [6.07, 6.45) is 11.4. The molecule has 1 aliphatic carbocycles. The van der Waals surface area contributed by atoms with Gasteiger partial charge in [0.2, 0.25) is 0 Å². The summed E-state index contributed by atoms with van der Waals surface area (Å²) in [6, 6.07) is 0. The van der Waals surface area contributed by atoms with Crippen LogP contribution in [-0.4, -0.2) is 34.9 Å². The third-order valence-electron chi connectivity index (χ3n) is 3.75. The molecule has 0 fully saturated rings. The number of hydrogen-bond donors (Lipinski definition) is 1. The van der Waals surface area contributed by atoms with Gasteiger partial charge < -0.3 is 0 Å². The van der Waals surface area contributed by atoms with Crippen LogP contribution in [0.3, 0.4) is 0 Å². The number of ether oxygens (including phenoxy) is 1. The molecular weight excluding hydrogens is 416 g/mol. The second-order valence-corrected chi connectivity index (χ2v) is 10.3. The van der Waals surface area contributed by atoms with E-state index in [0.717, 1.165) is 22.7 Å². The molecule has 2 aliphatic heterocycles. The fourth-order valence-electron chi connectivity index (χ4n) is 2.86. The van der Waals surface area contributed by atoms with Crippen molar-refractivity contribution < 1.29 is 14.6 Å². The number of Topliss-reactive ketones (excluding diaryl/α,β-unsaturated/α-hetero) is 1. The van der Waals surface area contributed by atoms with Crippen LogP contribution in [0.25, 0.3) is 0 Å². The van der Waals surface area contributed by atoms with E-state index in [1.165, 1.54) is 7.17 Å². The van der Waals surface area contributed by atoms with Gasteiger partial charge in [0.25, 0.3) is 0 Å². The van der Waals surface area contributed by atoms with E-state index in [-0.39, 0.29) is 32.0 Å². The van der Waals surface area contributed by atoms with Crippen LogP contribution in [0.5, 0.6) is 0 Å². The minimum atomic E-state index is -0.204. The van der Waals surface area contributed by atoms with E-state index in [2.05, 4.69) is 26.0 Å². The van der Waals surface area contributed by atoms with E-state index < -0.39 is 0 Å². The Morgan fingerprint density at radius 3 is 2.25 bits per heavy atom. The number of carbonyl (C=O) groups is 1. The van der Waals surface area contributed by atoms with E-state index in [9.17, 15) is 9.90 Å². The molecule has 3 rings (SSSR count). The molecule has 0 saturated carbocycles. The van der Waals surface area contributed by atoms with Gasteiger partial charge in [-0.05, 0) is 0 Å². The van der Waals surface area contributed by atoms with Gasteiger partial charge in [-0.1, -0.05) is 0 Å². The van der Waals surface area contributed by atoms with E-state index >= 15 is 0 Å². The standard InChI is InChI=1S/C20H19O3Te/c1-11-5-15(6-12(2)23-11)9-17-19(21)18(20(17)22)10-16-7-13(3)24-14(4)8-16/h5-10,21H,1-4H3. The van der Waals surface area contributed by atoms with Crippen LogP contribution in [-0.2, 0) is 9.53 Å². The Labute approximate surface area is 151 Å². The first-order valence-electron chi connectivity index (χ1n) is 7.71. The number of carbonyl (C=O) groups excluding carboxylic acids is 1. The Morgan fingerprint density at radius 2 is 1.67 bits per heavy atom. The van der Waals surface area contributed by atoms with E-state index in [1.807, 2.05) is 26.0 Å². The molecule has 0 spiro atoms. The SMILES string of the molecule is CC1=CC(=CC2=C(O)C(=CC3=CC(C)=[Te]C(C)=C3)C2=O)C=C(C)O1. The van der Waals surface area contributed by atoms with Gasteiger partial charge in [0, 0.05) is 0 Å². The van der Waals surface area contributed by atoms with Gasteiger partial charge in [-0.3, -0.25) is 0 Å². The van der Waals surface area contributed by atoms with Crippen molar-refractivity contribution in [3.8, 4) is 0 Å². The average molecular weight is 435 g/mol. The zero-order chi connectivity index (χ0) is 17.4. The molecule has 0 bridgehead atoms. The first kappa shape index (κ1) is 16.9. The fraction of sp³-hybridized carbons (Fsp3) is 0.200. The molecule has 0 unspecified atom stereocenters. The van der Waals surface area contributed by atoms with Gasteiger partial charge in [-0.15, -0.1) is 0 Å².